The molecule has 1 aromatic carbocycles. The van der Waals surface area contributed by atoms with Crippen molar-refractivity contribution >= 4 is 23.1 Å². The van der Waals surface area contributed by atoms with Crippen LogP contribution in [0.5, 0.6) is 0 Å². The van der Waals surface area contributed by atoms with Crippen LogP contribution >= 0.6 is 12.2 Å². The summed E-state index contributed by atoms with van der Waals surface area (Å²) in [4.78, 5) is 13.6. The van der Waals surface area contributed by atoms with Crippen LogP contribution in [0.3, 0.4) is 0 Å². The first kappa shape index (κ1) is 9.51. The third-order valence-corrected chi connectivity index (χ3v) is 1.60. The van der Waals surface area contributed by atoms with E-state index in [2.05, 4.69) is 22.4 Å². The second-order valence-electron chi connectivity index (χ2n) is 2.33. The van der Waals surface area contributed by atoms with Gasteiger partial charge in [0.05, 0.1) is 16.6 Å². The van der Waals surface area contributed by atoms with E-state index in [1.54, 1.807) is 12.1 Å². The minimum Gasteiger partial charge on any atom is -0.258 e. The van der Waals surface area contributed by atoms with E-state index in [0.29, 0.717) is 6.54 Å². The Kier molecular flexibility index (Phi) is 3.25. The number of nitrogens with zero attached hydrogens (tertiary/aromatic N) is 2. The van der Waals surface area contributed by atoms with Gasteiger partial charge in [0.25, 0.3) is 5.69 Å². The zero-order valence-electron chi connectivity index (χ0n) is 6.64. The van der Waals surface area contributed by atoms with Crippen molar-refractivity contribution < 1.29 is 4.92 Å². The molecule has 0 N–H and O–H groups in total. The van der Waals surface area contributed by atoms with Crippen LogP contribution in [-0.2, 0) is 6.54 Å². The summed E-state index contributed by atoms with van der Waals surface area (Å²) in [5.41, 5.74) is 0.957. The predicted octanol–water partition coefficient (Wildman–Crippen LogP) is 2.20. The number of nitro benzene ring substituents is 1. The fourth-order valence-corrected chi connectivity index (χ4v) is 0.911. The molecule has 0 aliphatic carbocycles. The molecule has 0 spiro atoms. The van der Waals surface area contributed by atoms with Crippen molar-refractivity contribution in [2.24, 2.45) is 4.99 Å². The van der Waals surface area contributed by atoms with Gasteiger partial charge in [-0.3, -0.25) is 10.1 Å². The molecule has 0 unspecified atom stereocenters. The number of isothiocyanates is 1. The summed E-state index contributed by atoms with van der Waals surface area (Å²) in [5.74, 6) is 0. The van der Waals surface area contributed by atoms with Gasteiger partial charge in [0, 0.05) is 12.1 Å². The molecule has 0 aliphatic rings. The number of aliphatic imine (C=N–C) groups is 1. The Morgan fingerprint density at radius 2 is 2.08 bits per heavy atom. The lowest BCUT2D eigenvalue weighted by molar-refractivity contribution is -0.384. The first-order valence-corrected chi connectivity index (χ1v) is 3.92. The van der Waals surface area contributed by atoms with E-state index in [9.17, 15) is 10.1 Å². The topological polar surface area (TPSA) is 55.5 Å². The maximum Gasteiger partial charge on any atom is 0.269 e. The lowest BCUT2D eigenvalue weighted by atomic mass is 10.2. The predicted molar refractivity (Wildman–Crippen MR) is 51.8 cm³/mol. The molecular weight excluding hydrogens is 188 g/mol. The van der Waals surface area contributed by atoms with E-state index in [-0.39, 0.29) is 5.69 Å². The molecule has 13 heavy (non-hydrogen) atoms. The summed E-state index contributed by atoms with van der Waals surface area (Å²) < 4.78 is 0. The molecule has 0 aromatic heterocycles. The lowest BCUT2D eigenvalue weighted by Gasteiger charge is -1.93. The Balaban J connectivity index is 2.80. The molecule has 1 rings (SSSR count). The van der Waals surface area contributed by atoms with Crippen LogP contribution in [0, 0.1) is 10.1 Å². The Morgan fingerprint density at radius 1 is 1.46 bits per heavy atom. The molecule has 0 aliphatic heterocycles. The molecule has 0 amide bonds. The fourth-order valence-electron chi connectivity index (χ4n) is 0.847. The normalized spacial score (nSPS) is 8.92. The molecule has 0 heterocycles. The van der Waals surface area contributed by atoms with Gasteiger partial charge in [0.15, 0.2) is 0 Å². The van der Waals surface area contributed by atoms with Gasteiger partial charge in [-0.2, -0.15) is 0 Å². The maximum absolute atomic E-state index is 10.3. The zero-order chi connectivity index (χ0) is 9.68. The van der Waals surface area contributed by atoms with Gasteiger partial charge in [-0.05, 0) is 17.8 Å². The fraction of sp³-hybridized carbons (Fsp3) is 0.125. The summed E-state index contributed by atoms with van der Waals surface area (Å²) in [6.45, 7) is 0.418. The van der Waals surface area contributed by atoms with Crippen molar-refractivity contribution in [2.75, 3.05) is 0 Å². The van der Waals surface area contributed by atoms with Crippen molar-refractivity contribution in [3.05, 3.63) is 39.9 Å². The van der Waals surface area contributed by atoms with Crippen LogP contribution < -0.4 is 0 Å². The largest absolute Gasteiger partial charge is 0.269 e. The van der Waals surface area contributed by atoms with Crippen LogP contribution in [0.4, 0.5) is 5.69 Å². The quantitative estimate of drug-likeness (QED) is 0.321. The van der Waals surface area contributed by atoms with Crippen molar-refractivity contribution in [3.63, 3.8) is 0 Å². The highest BCUT2D eigenvalue weighted by atomic mass is 32.1. The molecule has 0 fully saturated rings. The number of hydrogen-bond donors (Lipinski definition) is 0. The Labute approximate surface area is 80.1 Å². The second-order valence-corrected chi connectivity index (χ2v) is 2.51. The van der Waals surface area contributed by atoms with E-state index in [0.717, 1.165) is 5.56 Å². The molecular formula is C8H6N2O2S. The first-order valence-electron chi connectivity index (χ1n) is 3.51. The summed E-state index contributed by atoms with van der Waals surface area (Å²) in [5, 5.41) is 12.5. The van der Waals surface area contributed by atoms with Gasteiger partial charge in [-0.1, -0.05) is 12.1 Å². The highest BCUT2D eigenvalue weighted by Crippen LogP contribution is 2.12. The number of benzene rings is 1. The third kappa shape index (κ3) is 2.74. The van der Waals surface area contributed by atoms with Gasteiger partial charge >= 0.3 is 0 Å². The monoisotopic (exact) mass is 194 g/mol. The summed E-state index contributed by atoms with van der Waals surface area (Å²) >= 11 is 4.39. The van der Waals surface area contributed by atoms with E-state index < -0.39 is 4.92 Å². The zero-order valence-corrected chi connectivity index (χ0v) is 7.45. The summed E-state index contributed by atoms with van der Waals surface area (Å²) in [6.07, 6.45) is 0. The smallest absolute Gasteiger partial charge is 0.258 e. The Morgan fingerprint density at radius 3 is 2.54 bits per heavy atom. The Hall–Kier alpha value is -1.58. The molecule has 0 atom stereocenters. The number of thiocarbonyl (C=S) groups is 1. The van der Waals surface area contributed by atoms with Crippen LogP contribution in [0.2, 0.25) is 0 Å². The van der Waals surface area contributed by atoms with Crippen LogP contribution in [0.15, 0.2) is 29.3 Å². The Bertz CT molecular complexity index is 355. The van der Waals surface area contributed by atoms with Gasteiger partial charge in [0.2, 0.25) is 0 Å². The average Bonchev–Trinajstić information content (AvgIpc) is 2.15. The van der Waals surface area contributed by atoms with Crippen molar-refractivity contribution in [1.82, 2.24) is 0 Å². The van der Waals surface area contributed by atoms with Crippen LogP contribution in [0.25, 0.3) is 0 Å². The first-order chi connectivity index (χ1) is 6.24. The molecule has 1 aromatic rings. The van der Waals surface area contributed by atoms with Crippen molar-refractivity contribution in [2.45, 2.75) is 6.54 Å². The van der Waals surface area contributed by atoms with Gasteiger partial charge in [-0.25, -0.2) is 4.99 Å². The minimum atomic E-state index is -0.438. The molecule has 5 heteroatoms. The average molecular weight is 194 g/mol. The van der Waals surface area contributed by atoms with Gasteiger partial charge in [0.1, 0.15) is 0 Å². The van der Waals surface area contributed by atoms with Gasteiger partial charge in [-0.15, -0.1) is 0 Å². The summed E-state index contributed by atoms with van der Waals surface area (Å²) in [6, 6.07) is 6.17. The van der Waals surface area contributed by atoms with Crippen LogP contribution in [-0.4, -0.2) is 10.1 Å². The van der Waals surface area contributed by atoms with Crippen LogP contribution in [0.1, 0.15) is 5.56 Å². The third-order valence-electron chi connectivity index (χ3n) is 1.47. The second kappa shape index (κ2) is 4.45. The molecule has 4 nitrogen and oxygen atoms in total. The number of non-ortho nitro benzene ring substituents is 1. The molecule has 0 radical (unpaired) electrons. The lowest BCUT2D eigenvalue weighted by Crippen LogP contribution is -1.88. The van der Waals surface area contributed by atoms with E-state index in [1.165, 1.54) is 12.1 Å². The highest BCUT2D eigenvalue weighted by Gasteiger charge is 2.02. The minimum absolute atomic E-state index is 0.0788. The SMILES string of the molecule is O=[N+]([O-])c1ccc(CN=C=S)cc1. The molecule has 0 saturated heterocycles. The van der Waals surface area contributed by atoms with Gasteiger partial charge < -0.3 is 0 Å². The molecule has 66 valence electrons. The highest BCUT2D eigenvalue weighted by molar-refractivity contribution is 7.78. The number of rotatable bonds is 3. The van der Waals surface area contributed by atoms with Crippen molar-refractivity contribution in [3.8, 4) is 0 Å². The number of nitro groups is 1. The molecule has 0 bridgehead atoms. The van der Waals surface area contributed by atoms with Crippen molar-refractivity contribution in [1.29, 1.82) is 0 Å². The van der Waals surface area contributed by atoms with E-state index in [1.807, 2.05) is 0 Å². The van der Waals surface area contributed by atoms with E-state index in [4.69, 9.17) is 0 Å². The molecule has 0 saturated carbocycles. The van der Waals surface area contributed by atoms with E-state index >= 15 is 0 Å². The maximum atomic E-state index is 10.3. The summed E-state index contributed by atoms with van der Waals surface area (Å²) in [7, 11) is 0. The number of hydrogen-bond acceptors (Lipinski definition) is 4. The standard InChI is InChI=1S/C8H6N2O2S/c11-10(12)8-3-1-7(2-4-8)5-9-6-13/h1-4H,5H2.